The number of hydrogen-bond acceptors (Lipinski definition) is 3. The highest BCUT2D eigenvalue weighted by Gasteiger charge is 2.51. The van der Waals surface area contributed by atoms with Crippen molar-refractivity contribution in [1.82, 2.24) is 4.90 Å². The van der Waals surface area contributed by atoms with Crippen LogP contribution in [0.3, 0.4) is 0 Å². The predicted octanol–water partition coefficient (Wildman–Crippen LogP) is 5.17. The molecule has 3 aromatic rings. The van der Waals surface area contributed by atoms with Crippen LogP contribution in [0.15, 0.2) is 120 Å². The van der Waals surface area contributed by atoms with Crippen molar-refractivity contribution in [2.24, 2.45) is 4.99 Å². The van der Waals surface area contributed by atoms with Gasteiger partial charge in [-0.15, -0.1) is 0 Å². The molecule has 28 heavy (non-hydrogen) atoms. The molecule has 1 atom stereocenters. The zero-order valence-electron chi connectivity index (χ0n) is 15.4. The minimum Gasteiger partial charge on any atom is -0.341 e. The number of amidine groups is 1. The number of nitrogens with zero attached hydrogens (tertiary/aromatic N) is 2. The van der Waals surface area contributed by atoms with E-state index in [2.05, 4.69) is 107 Å². The number of allylic oxidation sites excluding steroid dienone is 2. The van der Waals surface area contributed by atoms with Gasteiger partial charge in [-0.1, -0.05) is 84.9 Å². The molecule has 3 heteroatoms. The van der Waals surface area contributed by atoms with Crippen LogP contribution in [0, 0.1) is 0 Å². The Balaban J connectivity index is 1.75. The Hall–Kier alpha value is -3.59. The number of anilines is 1. The Labute approximate surface area is 165 Å². The average molecular weight is 363 g/mol. The van der Waals surface area contributed by atoms with Gasteiger partial charge >= 0.3 is 0 Å². The smallest absolute Gasteiger partial charge is 0.150 e. The molecule has 5 rings (SSSR count). The Bertz CT molecular complexity index is 997. The maximum Gasteiger partial charge on any atom is 0.150 e. The number of nitrogens with one attached hydrogen (secondary N) is 1. The predicted molar refractivity (Wildman–Crippen MR) is 115 cm³/mol. The molecule has 0 amide bonds. The van der Waals surface area contributed by atoms with Gasteiger partial charge in [0.15, 0.2) is 5.54 Å². The lowest BCUT2D eigenvalue weighted by atomic mass is 9.80. The molecule has 0 saturated heterocycles. The molecule has 1 unspecified atom stereocenters. The maximum atomic E-state index is 5.11. The van der Waals surface area contributed by atoms with Gasteiger partial charge in [0.25, 0.3) is 0 Å². The van der Waals surface area contributed by atoms with Gasteiger partial charge in [0.05, 0.1) is 0 Å². The van der Waals surface area contributed by atoms with Crippen molar-refractivity contribution in [3.05, 3.63) is 127 Å². The first kappa shape index (κ1) is 16.6. The second-order valence-corrected chi connectivity index (χ2v) is 6.96. The summed E-state index contributed by atoms with van der Waals surface area (Å²) in [5.74, 6) is 0.928. The molecule has 3 nitrogen and oxygen atoms in total. The van der Waals surface area contributed by atoms with E-state index in [0.717, 1.165) is 11.5 Å². The van der Waals surface area contributed by atoms with Gasteiger partial charge in [-0.3, -0.25) is 0 Å². The molecular weight excluding hydrogens is 342 g/mol. The Morgan fingerprint density at radius 1 is 0.714 bits per heavy atom. The SMILES string of the molecule is C1=CC2N=C(Nc3ccccc3)C(c3ccccc3)(c3ccccc3)N2C=C1. The maximum absolute atomic E-state index is 5.11. The minimum atomic E-state index is -0.524. The molecule has 0 aliphatic carbocycles. The highest BCUT2D eigenvalue weighted by atomic mass is 15.4. The van der Waals surface area contributed by atoms with Crippen LogP contribution in [-0.4, -0.2) is 16.9 Å². The molecule has 0 saturated carbocycles. The van der Waals surface area contributed by atoms with Crippen LogP contribution < -0.4 is 5.32 Å². The first-order valence-corrected chi connectivity index (χ1v) is 9.54. The minimum absolute atomic E-state index is 0.0448. The monoisotopic (exact) mass is 363 g/mol. The lowest BCUT2D eigenvalue weighted by Crippen LogP contribution is -2.50. The average Bonchev–Trinajstić information content (AvgIpc) is 3.10. The second kappa shape index (κ2) is 6.86. The summed E-state index contributed by atoms with van der Waals surface area (Å²) in [7, 11) is 0. The zero-order chi connectivity index (χ0) is 18.8. The van der Waals surface area contributed by atoms with E-state index in [4.69, 9.17) is 4.99 Å². The van der Waals surface area contributed by atoms with Gasteiger partial charge in [-0.05, 0) is 35.4 Å². The van der Waals surface area contributed by atoms with E-state index in [1.807, 2.05) is 18.2 Å². The fourth-order valence-electron chi connectivity index (χ4n) is 4.13. The number of hydrogen-bond donors (Lipinski definition) is 1. The van der Waals surface area contributed by atoms with Crippen LogP contribution in [0.1, 0.15) is 11.1 Å². The van der Waals surface area contributed by atoms with E-state index in [9.17, 15) is 0 Å². The first-order chi connectivity index (χ1) is 13.9. The molecule has 0 spiro atoms. The summed E-state index contributed by atoms with van der Waals surface area (Å²) in [4.78, 5) is 7.44. The topological polar surface area (TPSA) is 27.6 Å². The summed E-state index contributed by atoms with van der Waals surface area (Å²) in [6.07, 6.45) is 8.39. The van der Waals surface area contributed by atoms with E-state index in [1.165, 1.54) is 11.1 Å². The third kappa shape index (κ3) is 2.55. The number of aliphatic imine (C=N–C) groups is 1. The molecule has 0 radical (unpaired) electrons. The molecular formula is C25H21N3. The first-order valence-electron chi connectivity index (χ1n) is 9.54. The van der Waals surface area contributed by atoms with E-state index < -0.39 is 5.54 Å². The van der Waals surface area contributed by atoms with Crippen LogP contribution in [0.2, 0.25) is 0 Å². The fraction of sp³-hybridized carbons (Fsp3) is 0.0800. The summed E-state index contributed by atoms with van der Waals surface area (Å²) in [6, 6.07) is 31.5. The molecule has 136 valence electrons. The number of rotatable bonds is 3. The number of fused-ring (bicyclic) bond motifs is 1. The molecule has 2 heterocycles. The Kier molecular flexibility index (Phi) is 4.06. The highest BCUT2D eigenvalue weighted by Crippen LogP contribution is 2.44. The Morgan fingerprint density at radius 2 is 1.29 bits per heavy atom. The molecule has 1 N–H and O–H groups in total. The van der Waals surface area contributed by atoms with Crippen molar-refractivity contribution in [3.8, 4) is 0 Å². The zero-order valence-corrected chi connectivity index (χ0v) is 15.4. The standard InChI is InChI=1S/C25H21N3/c1-4-12-20(13-5-1)25(21-14-6-2-7-15-21)24(26-22-16-8-3-9-17-22)27-23-18-10-11-19-28(23)25/h1-19,23H,(H,26,27). The number of para-hydroxylation sites is 1. The van der Waals surface area contributed by atoms with Crippen molar-refractivity contribution in [1.29, 1.82) is 0 Å². The quantitative estimate of drug-likeness (QED) is 0.695. The van der Waals surface area contributed by atoms with E-state index >= 15 is 0 Å². The van der Waals surface area contributed by atoms with Crippen LogP contribution in [-0.2, 0) is 5.54 Å². The van der Waals surface area contributed by atoms with Gasteiger partial charge in [0.1, 0.15) is 12.0 Å². The fourth-order valence-corrected chi connectivity index (χ4v) is 4.13. The van der Waals surface area contributed by atoms with Crippen molar-refractivity contribution in [2.75, 3.05) is 5.32 Å². The van der Waals surface area contributed by atoms with Crippen LogP contribution >= 0.6 is 0 Å². The van der Waals surface area contributed by atoms with Gasteiger partial charge in [0.2, 0.25) is 0 Å². The summed E-state index contributed by atoms with van der Waals surface area (Å²) in [5.41, 5.74) is 2.88. The lowest BCUT2D eigenvalue weighted by molar-refractivity contribution is 0.249. The third-order valence-corrected chi connectivity index (χ3v) is 5.34. The largest absolute Gasteiger partial charge is 0.341 e. The summed E-state index contributed by atoms with van der Waals surface area (Å²) < 4.78 is 0. The van der Waals surface area contributed by atoms with E-state index in [1.54, 1.807) is 0 Å². The highest BCUT2D eigenvalue weighted by molar-refractivity contribution is 6.07. The van der Waals surface area contributed by atoms with Crippen LogP contribution in [0.5, 0.6) is 0 Å². The van der Waals surface area contributed by atoms with Gasteiger partial charge in [-0.2, -0.15) is 0 Å². The summed E-state index contributed by atoms with van der Waals surface area (Å²) >= 11 is 0. The lowest BCUT2D eigenvalue weighted by Gasteiger charge is -2.42. The van der Waals surface area contributed by atoms with E-state index in [-0.39, 0.29) is 6.17 Å². The molecule has 2 aliphatic heterocycles. The molecule has 0 fully saturated rings. The second-order valence-electron chi connectivity index (χ2n) is 6.96. The molecule has 0 bridgehead atoms. The van der Waals surface area contributed by atoms with Crippen LogP contribution in [0.25, 0.3) is 0 Å². The number of benzene rings is 3. The Morgan fingerprint density at radius 3 is 1.89 bits per heavy atom. The molecule has 0 aromatic heterocycles. The van der Waals surface area contributed by atoms with Crippen molar-refractivity contribution in [2.45, 2.75) is 11.7 Å². The van der Waals surface area contributed by atoms with Crippen molar-refractivity contribution in [3.63, 3.8) is 0 Å². The van der Waals surface area contributed by atoms with Gasteiger partial charge < -0.3 is 10.2 Å². The molecule has 3 aromatic carbocycles. The van der Waals surface area contributed by atoms with Crippen molar-refractivity contribution < 1.29 is 0 Å². The van der Waals surface area contributed by atoms with E-state index in [0.29, 0.717) is 0 Å². The summed E-state index contributed by atoms with van der Waals surface area (Å²) in [6.45, 7) is 0. The van der Waals surface area contributed by atoms with Crippen molar-refractivity contribution >= 4 is 11.5 Å². The molecule has 2 aliphatic rings. The third-order valence-electron chi connectivity index (χ3n) is 5.34. The van der Waals surface area contributed by atoms with Crippen LogP contribution in [0.4, 0.5) is 5.69 Å². The van der Waals surface area contributed by atoms with Gasteiger partial charge in [0, 0.05) is 11.9 Å². The van der Waals surface area contributed by atoms with Gasteiger partial charge in [-0.25, -0.2) is 4.99 Å². The normalized spacial score (nSPS) is 19.2. The summed E-state index contributed by atoms with van der Waals surface area (Å²) in [5, 5.41) is 3.63.